The number of benzene rings is 1. The number of hydrogen-bond donors (Lipinski definition) is 1. The molecule has 0 spiro atoms. The second-order valence-electron chi connectivity index (χ2n) is 5.84. The maximum absolute atomic E-state index is 12.5. The third-order valence-corrected chi connectivity index (χ3v) is 5.03. The highest BCUT2D eigenvalue weighted by Crippen LogP contribution is 2.34. The van der Waals surface area contributed by atoms with Gasteiger partial charge in [0.1, 0.15) is 0 Å². The lowest BCUT2D eigenvalue weighted by Crippen LogP contribution is -2.28. The first-order valence-electron chi connectivity index (χ1n) is 8.03. The van der Waals surface area contributed by atoms with Crippen LogP contribution in [0.5, 0.6) is 0 Å². The highest BCUT2D eigenvalue weighted by molar-refractivity contribution is 7.10. The summed E-state index contributed by atoms with van der Waals surface area (Å²) < 4.78 is 0. The highest BCUT2D eigenvalue weighted by atomic mass is 32.1. The highest BCUT2D eigenvalue weighted by Gasteiger charge is 2.29. The second kappa shape index (κ2) is 7.45. The van der Waals surface area contributed by atoms with E-state index in [4.69, 9.17) is 0 Å². The summed E-state index contributed by atoms with van der Waals surface area (Å²) in [5.41, 5.74) is 1.69. The van der Waals surface area contributed by atoms with Gasteiger partial charge in [0.2, 0.25) is 11.8 Å². The van der Waals surface area contributed by atoms with Crippen molar-refractivity contribution in [2.24, 2.45) is 0 Å². The van der Waals surface area contributed by atoms with E-state index in [0.29, 0.717) is 0 Å². The molecule has 1 fully saturated rings. The Morgan fingerprint density at radius 1 is 1.25 bits per heavy atom. The van der Waals surface area contributed by atoms with Crippen molar-refractivity contribution in [2.45, 2.75) is 25.8 Å². The van der Waals surface area contributed by atoms with Crippen LogP contribution in [0, 0.1) is 0 Å². The topological polar surface area (TPSA) is 49.4 Å². The van der Waals surface area contributed by atoms with Gasteiger partial charge in [-0.3, -0.25) is 9.59 Å². The van der Waals surface area contributed by atoms with E-state index in [1.54, 1.807) is 17.4 Å². The number of nitrogens with one attached hydrogen (secondary N) is 1. The third-order valence-electron chi connectivity index (χ3n) is 4.06. The first-order valence-corrected chi connectivity index (χ1v) is 8.91. The lowest BCUT2D eigenvalue weighted by atomic mass is 10.1. The molecule has 0 bridgehead atoms. The van der Waals surface area contributed by atoms with E-state index >= 15 is 0 Å². The summed E-state index contributed by atoms with van der Waals surface area (Å²) >= 11 is 1.71. The van der Waals surface area contributed by atoms with Crippen LogP contribution in [0.3, 0.4) is 0 Å². The van der Waals surface area contributed by atoms with Crippen molar-refractivity contribution in [3.63, 3.8) is 0 Å². The van der Waals surface area contributed by atoms with Crippen LogP contribution in [0.25, 0.3) is 6.08 Å². The average Bonchev–Trinajstić information content (AvgIpc) is 3.24. The summed E-state index contributed by atoms with van der Waals surface area (Å²) in [6, 6.07) is 11.8. The third kappa shape index (κ3) is 3.92. The number of thiophene rings is 1. The monoisotopic (exact) mass is 340 g/mol. The van der Waals surface area contributed by atoms with Crippen LogP contribution < -0.4 is 5.32 Å². The average molecular weight is 340 g/mol. The molecule has 1 aliphatic heterocycles. The maximum atomic E-state index is 12.5. The Bertz CT molecular complexity index is 735. The van der Waals surface area contributed by atoms with Gasteiger partial charge in [0, 0.05) is 30.1 Å². The fourth-order valence-electron chi connectivity index (χ4n) is 2.95. The van der Waals surface area contributed by atoms with E-state index in [1.807, 2.05) is 41.3 Å². The standard InChI is InChI=1S/C19H20N2O2S/c1-14(22)20-16-9-6-15(7-10-16)8-11-19(23)21-12-2-4-17(21)18-5-3-13-24-18/h3,5-11,13,17H,2,4,12H2,1H3,(H,20,22)/b11-8+. The molecule has 124 valence electrons. The largest absolute Gasteiger partial charge is 0.331 e. The molecule has 24 heavy (non-hydrogen) atoms. The van der Waals surface area contributed by atoms with E-state index < -0.39 is 0 Å². The number of rotatable bonds is 4. The minimum atomic E-state index is -0.0953. The lowest BCUT2D eigenvalue weighted by Gasteiger charge is -2.22. The fraction of sp³-hybridized carbons (Fsp3) is 0.263. The minimum absolute atomic E-state index is 0.0526. The Hall–Kier alpha value is -2.40. The van der Waals surface area contributed by atoms with Crippen LogP contribution in [-0.4, -0.2) is 23.3 Å². The van der Waals surface area contributed by atoms with Crippen LogP contribution in [0.2, 0.25) is 0 Å². The number of carbonyl (C=O) groups is 2. The Morgan fingerprint density at radius 2 is 2.04 bits per heavy atom. The molecule has 0 radical (unpaired) electrons. The van der Waals surface area contributed by atoms with E-state index in [0.717, 1.165) is 30.6 Å². The van der Waals surface area contributed by atoms with Crippen molar-refractivity contribution in [3.05, 3.63) is 58.3 Å². The van der Waals surface area contributed by atoms with Crippen molar-refractivity contribution >= 4 is 34.9 Å². The Labute approximate surface area is 145 Å². The van der Waals surface area contributed by atoms with Gasteiger partial charge in [-0.05, 0) is 48.1 Å². The molecule has 2 heterocycles. The van der Waals surface area contributed by atoms with Gasteiger partial charge in [-0.25, -0.2) is 0 Å². The Balaban J connectivity index is 1.65. The van der Waals surface area contributed by atoms with Crippen LogP contribution in [0.1, 0.15) is 36.2 Å². The quantitative estimate of drug-likeness (QED) is 0.853. The first kappa shape index (κ1) is 16.5. The number of amides is 2. The zero-order valence-electron chi connectivity index (χ0n) is 13.6. The van der Waals surface area contributed by atoms with Gasteiger partial charge in [-0.2, -0.15) is 0 Å². The smallest absolute Gasteiger partial charge is 0.247 e. The SMILES string of the molecule is CC(=O)Nc1ccc(/C=C/C(=O)N2CCCC2c2cccs2)cc1. The molecule has 1 aromatic carbocycles. The molecule has 2 amide bonds. The first-order chi connectivity index (χ1) is 11.6. The molecule has 4 nitrogen and oxygen atoms in total. The summed E-state index contributed by atoms with van der Waals surface area (Å²) in [5, 5.41) is 4.78. The summed E-state index contributed by atoms with van der Waals surface area (Å²) in [6.07, 6.45) is 5.54. The molecule has 0 saturated carbocycles. The van der Waals surface area contributed by atoms with Crippen molar-refractivity contribution in [2.75, 3.05) is 11.9 Å². The Morgan fingerprint density at radius 3 is 2.71 bits per heavy atom. The van der Waals surface area contributed by atoms with Crippen molar-refractivity contribution in [3.8, 4) is 0 Å². The molecule has 1 aromatic heterocycles. The molecule has 1 aliphatic rings. The van der Waals surface area contributed by atoms with Crippen molar-refractivity contribution in [1.82, 2.24) is 4.90 Å². The maximum Gasteiger partial charge on any atom is 0.247 e. The van der Waals surface area contributed by atoms with E-state index in [2.05, 4.69) is 16.8 Å². The summed E-state index contributed by atoms with van der Waals surface area (Å²) in [4.78, 5) is 26.7. The van der Waals surface area contributed by atoms with Crippen LogP contribution in [0.15, 0.2) is 47.9 Å². The van der Waals surface area contributed by atoms with E-state index in [-0.39, 0.29) is 17.9 Å². The predicted molar refractivity (Wildman–Crippen MR) is 97.8 cm³/mol. The molecule has 1 atom stereocenters. The molecule has 0 aliphatic carbocycles. The van der Waals surface area contributed by atoms with E-state index in [9.17, 15) is 9.59 Å². The summed E-state index contributed by atoms with van der Waals surface area (Å²) in [7, 11) is 0. The molecular formula is C19H20N2O2S. The number of likely N-dealkylation sites (tertiary alicyclic amines) is 1. The van der Waals surface area contributed by atoms with Gasteiger partial charge in [0.25, 0.3) is 0 Å². The van der Waals surface area contributed by atoms with Gasteiger partial charge >= 0.3 is 0 Å². The summed E-state index contributed by atoms with van der Waals surface area (Å²) in [5.74, 6) is -0.0426. The molecule has 2 aromatic rings. The normalized spacial score (nSPS) is 17.4. The zero-order chi connectivity index (χ0) is 16.9. The van der Waals surface area contributed by atoms with Gasteiger partial charge in [0.15, 0.2) is 0 Å². The van der Waals surface area contributed by atoms with Gasteiger partial charge < -0.3 is 10.2 Å². The fourth-order valence-corrected chi connectivity index (χ4v) is 3.82. The Kier molecular flexibility index (Phi) is 5.11. The molecule has 1 unspecified atom stereocenters. The number of nitrogens with zero attached hydrogens (tertiary/aromatic N) is 1. The number of carbonyl (C=O) groups excluding carboxylic acids is 2. The molecular weight excluding hydrogens is 320 g/mol. The van der Waals surface area contributed by atoms with Crippen molar-refractivity contribution < 1.29 is 9.59 Å². The van der Waals surface area contributed by atoms with Gasteiger partial charge in [0.05, 0.1) is 6.04 Å². The van der Waals surface area contributed by atoms with Crippen molar-refractivity contribution in [1.29, 1.82) is 0 Å². The zero-order valence-corrected chi connectivity index (χ0v) is 14.4. The predicted octanol–water partition coefficient (Wildman–Crippen LogP) is 4.08. The van der Waals surface area contributed by atoms with E-state index in [1.165, 1.54) is 11.8 Å². The molecule has 5 heteroatoms. The molecule has 3 rings (SSSR count). The summed E-state index contributed by atoms with van der Waals surface area (Å²) in [6.45, 7) is 2.29. The van der Waals surface area contributed by atoms with Crippen LogP contribution in [-0.2, 0) is 9.59 Å². The second-order valence-corrected chi connectivity index (χ2v) is 6.82. The van der Waals surface area contributed by atoms with Gasteiger partial charge in [-0.15, -0.1) is 11.3 Å². The molecule has 1 N–H and O–H groups in total. The lowest BCUT2D eigenvalue weighted by molar-refractivity contribution is -0.126. The van der Waals surface area contributed by atoms with Gasteiger partial charge in [-0.1, -0.05) is 18.2 Å². The minimum Gasteiger partial charge on any atom is -0.331 e. The number of hydrogen-bond acceptors (Lipinski definition) is 3. The number of anilines is 1. The van der Waals surface area contributed by atoms with Crippen LogP contribution >= 0.6 is 11.3 Å². The molecule has 1 saturated heterocycles. The van der Waals surface area contributed by atoms with Crippen LogP contribution in [0.4, 0.5) is 5.69 Å².